The molecule has 0 fully saturated rings. The molecule has 7 nitrogen and oxygen atoms in total. The Kier molecular flexibility index (Phi) is 9.56. The number of anilines is 1. The maximum atomic E-state index is 13.9. The van der Waals surface area contributed by atoms with E-state index >= 15 is 0 Å². The fraction of sp³-hybridized carbons (Fsp3) is 0.467. The molecular weight excluding hydrogens is 498 g/mol. The Morgan fingerprint density at radius 1 is 0.921 bits per heavy atom. The van der Waals surface area contributed by atoms with E-state index in [4.69, 9.17) is 11.6 Å². The molecule has 0 bridgehead atoms. The number of carbonyl (C=O) groups excluding carboxylic acids is 2. The minimum atomic E-state index is -0.146. The van der Waals surface area contributed by atoms with Gasteiger partial charge in [0.25, 0.3) is 5.91 Å². The molecule has 8 heteroatoms. The summed E-state index contributed by atoms with van der Waals surface area (Å²) >= 11 is 6.05. The Bertz CT molecular complexity index is 1240. The number of benzene rings is 2. The zero-order valence-electron chi connectivity index (χ0n) is 22.7. The molecule has 0 aliphatic carbocycles. The summed E-state index contributed by atoms with van der Waals surface area (Å²) in [6.45, 7) is 7.75. The molecule has 202 valence electrons. The van der Waals surface area contributed by atoms with Crippen molar-refractivity contribution in [2.75, 3.05) is 18.0 Å². The topological polar surface area (TPSA) is 71.3 Å². The molecule has 0 unspecified atom stereocenters. The van der Waals surface area contributed by atoms with E-state index in [2.05, 4.69) is 24.2 Å². The Hall–Kier alpha value is -3.19. The first-order valence-electron chi connectivity index (χ1n) is 13.7. The summed E-state index contributed by atoms with van der Waals surface area (Å²) in [4.78, 5) is 31.0. The number of aromatic nitrogens is 3. The second-order valence-corrected chi connectivity index (χ2v) is 11.0. The summed E-state index contributed by atoms with van der Waals surface area (Å²) in [5.74, 6) is 0.276. The van der Waals surface area contributed by atoms with Crippen LogP contribution in [0.25, 0.3) is 5.69 Å². The van der Waals surface area contributed by atoms with E-state index in [0.29, 0.717) is 42.5 Å². The molecule has 1 aliphatic heterocycles. The number of rotatable bonds is 4. The van der Waals surface area contributed by atoms with E-state index in [0.717, 1.165) is 55.5 Å². The average molecular weight is 536 g/mol. The van der Waals surface area contributed by atoms with Gasteiger partial charge in [-0.1, -0.05) is 74.5 Å². The van der Waals surface area contributed by atoms with Gasteiger partial charge in [-0.3, -0.25) is 9.59 Å². The summed E-state index contributed by atoms with van der Waals surface area (Å²) in [5, 5.41) is 9.20. The summed E-state index contributed by atoms with van der Waals surface area (Å²) in [6.07, 6.45) is 6.84. The van der Waals surface area contributed by atoms with Crippen LogP contribution in [0.15, 0.2) is 48.5 Å². The van der Waals surface area contributed by atoms with Crippen LogP contribution in [0.1, 0.15) is 80.5 Å². The molecule has 0 radical (unpaired) electrons. The Morgan fingerprint density at radius 2 is 1.58 bits per heavy atom. The first-order chi connectivity index (χ1) is 18.3. The maximum absolute atomic E-state index is 13.9. The van der Waals surface area contributed by atoms with Crippen LogP contribution in [0.2, 0.25) is 5.02 Å². The zero-order valence-corrected chi connectivity index (χ0v) is 23.5. The van der Waals surface area contributed by atoms with Gasteiger partial charge in [-0.25, -0.2) is 4.68 Å². The number of amides is 2. The van der Waals surface area contributed by atoms with E-state index in [9.17, 15) is 9.59 Å². The quantitative estimate of drug-likeness (QED) is 0.377. The van der Waals surface area contributed by atoms with Crippen molar-refractivity contribution in [2.45, 2.75) is 72.3 Å². The van der Waals surface area contributed by atoms with Crippen molar-refractivity contribution in [3.63, 3.8) is 0 Å². The zero-order chi connectivity index (χ0) is 27.1. The predicted molar refractivity (Wildman–Crippen MR) is 152 cm³/mol. The van der Waals surface area contributed by atoms with Crippen molar-refractivity contribution in [2.24, 2.45) is 5.92 Å². The molecule has 0 saturated heterocycles. The smallest absolute Gasteiger partial charge is 0.276 e. The number of halogens is 1. The van der Waals surface area contributed by atoms with Crippen LogP contribution < -0.4 is 4.90 Å². The van der Waals surface area contributed by atoms with Gasteiger partial charge in [0, 0.05) is 36.8 Å². The van der Waals surface area contributed by atoms with E-state index < -0.39 is 0 Å². The van der Waals surface area contributed by atoms with Crippen LogP contribution in [0.4, 0.5) is 5.69 Å². The number of carbonyl (C=O) groups is 2. The fourth-order valence-corrected chi connectivity index (χ4v) is 5.11. The summed E-state index contributed by atoms with van der Waals surface area (Å²) in [7, 11) is 0. The highest BCUT2D eigenvalue weighted by Crippen LogP contribution is 2.26. The van der Waals surface area contributed by atoms with Crippen LogP contribution in [-0.2, 0) is 11.3 Å². The van der Waals surface area contributed by atoms with Crippen molar-refractivity contribution in [1.29, 1.82) is 0 Å². The first-order valence-corrected chi connectivity index (χ1v) is 14.1. The van der Waals surface area contributed by atoms with Gasteiger partial charge in [-0.05, 0) is 61.6 Å². The van der Waals surface area contributed by atoms with Gasteiger partial charge in [0.05, 0.1) is 11.4 Å². The Balaban J connectivity index is 1.66. The van der Waals surface area contributed by atoms with E-state index in [1.54, 1.807) is 16.8 Å². The molecule has 0 spiro atoms. The molecule has 0 N–H and O–H groups in total. The fourth-order valence-electron chi connectivity index (χ4n) is 4.99. The van der Waals surface area contributed by atoms with Crippen molar-refractivity contribution in [3.05, 3.63) is 70.5 Å². The van der Waals surface area contributed by atoms with Crippen molar-refractivity contribution >= 4 is 29.1 Å². The predicted octanol–water partition coefficient (Wildman–Crippen LogP) is 6.60. The normalized spacial score (nSPS) is 15.4. The number of hydrogen-bond acceptors (Lipinski definition) is 4. The van der Waals surface area contributed by atoms with Gasteiger partial charge in [0.1, 0.15) is 0 Å². The molecule has 1 aliphatic rings. The van der Waals surface area contributed by atoms with Gasteiger partial charge < -0.3 is 9.80 Å². The standard InChI is InChI=1S/C30H38ClN5O2/c1-22(2)20-28(37)35-19-11-7-5-4-6-10-18-34(21-24-12-8-9-13-27(24)35)30(38)29-23(3)36(33-32-29)26-16-14-25(31)15-17-26/h8-9,12-17,22H,4-7,10-11,18-21H2,1-3H3. The van der Waals surface area contributed by atoms with Gasteiger partial charge in [0.15, 0.2) is 5.69 Å². The SMILES string of the molecule is Cc1c(C(=O)N2CCCCCCCCN(C(=O)CC(C)C)c3ccccc3C2)nnn1-c1ccc(Cl)cc1. The third-order valence-corrected chi connectivity index (χ3v) is 7.29. The first kappa shape index (κ1) is 27.8. The summed E-state index contributed by atoms with van der Waals surface area (Å²) in [6, 6.07) is 15.3. The average Bonchev–Trinajstić information content (AvgIpc) is 3.28. The number of fused-ring (bicyclic) bond motifs is 1. The molecular formula is C30H38ClN5O2. The lowest BCUT2D eigenvalue weighted by molar-refractivity contribution is -0.119. The van der Waals surface area contributed by atoms with Crippen molar-refractivity contribution < 1.29 is 9.59 Å². The summed E-state index contributed by atoms with van der Waals surface area (Å²) < 4.78 is 1.67. The molecule has 0 saturated carbocycles. The molecule has 2 heterocycles. The third-order valence-electron chi connectivity index (χ3n) is 7.04. The van der Waals surface area contributed by atoms with Gasteiger partial charge in [-0.15, -0.1) is 5.10 Å². The van der Waals surface area contributed by atoms with E-state index in [1.165, 1.54) is 0 Å². The lowest BCUT2D eigenvalue weighted by Gasteiger charge is -2.29. The van der Waals surface area contributed by atoms with Gasteiger partial charge >= 0.3 is 0 Å². The van der Waals surface area contributed by atoms with Crippen LogP contribution >= 0.6 is 11.6 Å². The Labute approximate surface area is 230 Å². The second-order valence-electron chi connectivity index (χ2n) is 10.5. The molecule has 2 amide bonds. The Morgan fingerprint density at radius 3 is 2.29 bits per heavy atom. The highest BCUT2D eigenvalue weighted by atomic mass is 35.5. The number of nitrogens with zero attached hydrogens (tertiary/aromatic N) is 5. The molecule has 0 atom stereocenters. The van der Waals surface area contributed by atoms with Gasteiger partial charge in [0.2, 0.25) is 5.91 Å². The van der Waals surface area contributed by atoms with Crippen LogP contribution in [0, 0.1) is 12.8 Å². The van der Waals surface area contributed by atoms with Crippen molar-refractivity contribution in [1.82, 2.24) is 19.9 Å². The monoisotopic (exact) mass is 535 g/mol. The van der Waals surface area contributed by atoms with E-state index in [1.807, 2.05) is 53.1 Å². The maximum Gasteiger partial charge on any atom is 0.276 e. The summed E-state index contributed by atoms with van der Waals surface area (Å²) in [5.41, 5.74) is 3.70. The van der Waals surface area contributed by atoms with Gasteiger partial charge in [-0.2, -0.15) is 0 Å². The van der Waals surface area contributed by atoms with E-state index in [-0.39, 0.29) is 17.7 Å². The third kappa shape index (κ3) is 6.81. The number of para-hydroxylation sites is 1. The molecule has 38 heavy (non-hydrogen) atoms. The second kappa shape index (κ2) is 13.1. The molecule has 3 aromatic rings. The highest BCUT2D eigenvalue weighted by molar-refractivity contribution is 6.30. The van der Waals surface area contributed by atoms with Crippen LogP contribution in [0.3, 0.4) is 0 Å². The van der Waals surface area contributed by atoms with Crippen LogP contribution in [0.5, 0.6) is 0 Å². The largest absolute Gasteiger partial charge is 0.333 e. The lowest BCUT2D eigenvalue weighted by Crippen LogP contribution is -2.36. The molecule has 1 aromatic heterocycles. The minimum absolute atomic E-state index is 0.141. The molecule has 4 rings (SSSR count). The minimum Gasteiger partial charge on any atom is -0.333 e. The molecule has 2 aromatic carbocycles. The number of hydrogen-bond donors (Lipinski definition) is 0. The van der Waals surface area contributed by atoms with Crippen molar-refractivity contribution in [3.8, 4) is 5.69 Å². The highest BCUT2D eigenvalue weighted by Gasteiger charge is 2.26. The van der Waals surface area contributed by atoms with Crippen LogP contribution in [-0.4, -0.2) is 44.8 Å². The lowest BCUT2D eigenvalue weighted by atomic mass is 10.1.